The zero-order valence-electron chi connectivity index (χ0n) is 9.71. The third kappa shape index (κ3) is 2.04. The Morgan fingerprint density at radius 1 is 1.39 bits per heavy atom. The van der Waals surface area contributed by atoms with Crippen LogP contribution in [0.1, 0.15) is 12.0 Å². The van der Waals surface area contributed by atoms with Crippen LogP contribution in [0.5, 0.6) is 0 Å². The van der Waals surface area contributed by atoms with Crippen molar-refractivity contribution < 1.29 is 19.5 Å². The quantitative estimate of drug-likeness (QED) is 0.778. The zero-order valence-corrected chi connectivity index (χ0v) is 9.71. The van der Waals surface area contributed by atoms with Gasteiger partial charge in [0, 0.05) is 0 Å². The molecule has 1 aliphatic rings. The lowest BCUT2D eigenvalue weighted by Crippen LogP contribution is -2.32. The first kappa shape index (κ1) is 12.1. The monoisotopic (exact) mass is 248 g/mol. The number of benzene rings is 1. The molecule has 1 heterocycles. The summed E-state index contributed by atoms with van der Waals surface area (Å²) in [6, 6.07) is 5.37. The highest BCUT2D eigenvalue weighted by Gasteiger charge is 2.40. The lowest BCUT2D eigenvalue weighted by molar-refractivity contribution is -0.139. The largest absolute Gasteiger partial charge is 0.481 e. The second kappa shape index (κ2) is 4.48. The summed E-state index contributed by atoms with van der Waals surface area (Å²) in [5.41, 5.74) is 1.25. The van der Waals surface area contributed by atoms with Gasteiger partial charge < -0.3 is 10.4 Å². The second-order valence-corrected chi connectivity index (χ2v) is 4.06. The molecule has 3 amide bonds. The molecule has 0 radical (unpaired) electrons. The molecule has 6 nitrogen and oxygen atoms in total. The highest BCUT2D eigenvalue weighted by atomic mass is 16.4. The highest BCUT2D eigenvalue weighted by molar-refractivity contribution is 6.22. The van der Waals surface area contributed by atoms with E-state index >= 15 is 0 Å². The van der Waals surface area contributed by atoms with Gasteiger partial charge in [-0.2, -0.15) is 0 Å². The van der Waals surface area contributed by atoms with Crippen LogP contribution < -0.4 is 10.2 Å². The minimum atomic E-state index is -1.12. The molecule has 1 saturated heterocycles. The minimum Gasteiger partial charge on any atom is -0.481 e. The predicted molar refractivity (Wildman–Crippen MR) is 63.2 cm³/mol. The van der Waals surface area contributed by atoms with Crippen molar-refractivity contribution in [1.82, 2.24) is 5.32 Å². The van der Waals surface area contributed by atoms with E-state index in [1.165, 1.54) is 0 Å². The van der Waals surface area contributed by atoms with Gasteiger partial charge in [0.15, 0.2) is 0 Å². The maximum Gasteiger partial charge on any atom is 0.329 e. The molecule has 0 saturated carbocycles. The molecule has 0 aromatic heterocycles. The average molecular weight is 248 g/mol. The van der Waals surface area contributed by atoms with Gasteiger partial charge in [0.2, 0.25) is 0 Å². The molecular weight excluding hydrogens is 236 g/mol. The summed E-state index contributed by atoms with van der Waals surface area (Å²) in [5, 5.41) is 11.0. The Labute approximate surface area is 103 Å². The van der Waals surface area contributed by atoms with E-state index in [-0.39, 0.29) is 0 Å². The van der Waals surface area contributed by atoms with Crippen molar-refractivity contribution in [3.8, 4) is 0 Å². The number of carboxylic acids is 1. The van der Waals surface area contributed by atoms with E-state index in [0.717, 1.165) is 10.5 Å². The van der Waals surface area contributed by atoms with Crippen molar-refractivity contribution in [1.29, 1.82) is 0 Å². The number of nitrogens with one attached hydrogen (secondary N) is 1. The van der Waals surface area contributed by atoms with E-state index in [1.54, 1.807) is 31.2 Å². The average Bonchev–Trinajstić information content (AvgIpc) is 2.55. The molecule has 94 valence electrons. The van der Waals surface area contributed by atoms with Crippen LogP contribution in [0, 0.1) is 6.92 Å². The van der Waals surface area contributed by atoms with Gasteiger partial charge in [-0.05, 0) is 18.6 Å². The molecule has 0 aliphatic carbocycles. The number of para-hydroxylation sites is 1. The smallest absolute Gasteiger partial charge is 0.329 e. The number of hydrogen-bond acceptors (Lipinski definition) is 3. The molecule has 0 spiro atoms. The van der Waals surface area contributed by atoms with Crippen LogP contribution in [-0.2, 0) is 9.59 Å². The maximum atomic E-state index is 12.0. The number of rotatable bonds is 3. The minimum absolute atomic E-state index is 0.410. The number of imide groups is 1. The number of aryl methyl sites for hydroxylation is 1. The van der Waals surface area contributed by atoms with Crippen molar-refractivity contribution in [2.45, 2.75) is 19.4 Å². The Morgan fingerprint density at radius 2 is 2.06 bits per heavy atom. The van der Waals surface area contributed by atoms with E-state index in [9.17, 15) is 14.4 Å². The normalized spacial score (nSPS) is 18.9. The molecule has 1 aromatic rings. The molecule has 6 heteroatoms. The van der Waals surface area contributed by atoms with Crippen LogP contribution in [0.4, 0.5) is 10.5 Å². The summed E-state index contributed by atoms with van der Waals surface area (Å²) in [4.78, 5) is 35.3. The Balaban J connectivity index is 2.30. The van der Waals surface area contributed by atoms with Crippen LogP contribution in [0.2, 0.25) is 0 Å². The van der Waals surface area contributed by atoms with Gasteiger partial charge in [0.25, 0.3) is 5.91 Å². The number of hydrogen-bond donors (Lipinski definition) is 2. The Morgan fingerprint density at radius 3 is 2.67 bits per heavy atom. The predicted octanol–water partition coefficient (Wildman–Crippen LogP) is 0.895. The van der Waals surface area contributed by atoms with E-state index in [2.05, 4.69) is 5.32 Å². The van der Waals surface area contributed by atoms with Crippen molar-refractivity contribution in [3.05, 3.63) is 29.8 Å². The van der Waals surface area contributed by atoms with Gasteiger partial charge in [0.05, 0.1) is 12.1 Å². The van der Waals surface area contributed by atoms with E-state index in [1.807, 2.05) is 0 Å². The molecule has 18 heavy (non-hydrogen) atoms. The Hall–Kier alpha value is -2.37. The first-order chi connectivity index (χ1) is 8.50. The molecule has 2 rings (SSSR count). The fourth-order valence-electron chi connectivity index (χ4n) is 1.89. The molecule has 0 unspecified atom stereocenters. The molecule has 1 fully saturated rings. The SMILES string of the molecule is Cc1ccccc1N1C(=O)N[C@@H](CC(=O)O)C1=O. The topological polar surface area (TPSA) is 86.7 Å². The molecule has 1 aromatic carbocycles. The fraction of sp³-hybridized carbons (Fsp3) is 0.250. The van der Waals surface area contributed by atoms with Crippen LogP contribution in [-0.4, -0.2) is 29.1 Å². The summed E-state index contributed by atoms with van der Waals surface area (Å²) >= 11 is 0. The Bertz CT molecular complexity index is 527. The van der Waals surface area contributed by atoms with Crippen molar-refractivity contribution >= 4 is 23.6 Å². The third-order valence-corrected chi connectivity index (χ3v) is 2.75. The van der Waals surface area contributed by atoms with E-state index in [4.69, 9.17) is 5.11 Å². The highest BCUT2D eigenvalue weighted by Crippen LogP contribution is 2.23. The van der Waals surface area contributed by atoms with Gasteiger partial charge >= 0.3 is 12.0 Å². The number of amides is 3. The number of carbonyl (C=O) groups is 3. The molecule has 1 aliphatic heterocycles. The second-order valence-electron chi connectivity index (χ2n) is 4.06. The van der Waals surface area contributed by atoms with Crippen LogP contribution in [0.3, 0.4) is 0 Å². The summed E-state index contributed by atoms with van der Waals surface area (Å²) in [7, 11) is 0. The number of carbonyl (C=O) groups excluding carboxylic acids is 2. The van der Waals surface area contributed by atoms with Crippen LogP contribution in [0.15, 0.2) is 24.3 Å². The van der Waals surface area contributed by atoms with Crippen molar-refractivity contribution in [2.24, 2.45) is 0 Å². The maximum absolute atomic E-state index is 12.0. The fourth-order valence-corrected chi connectivity index (χ4v) is 1.89. The summed E-state index contributed by atoms with van der Waals surface area (Å²) in [6.07, 6.45) is -0.410. The van der Waals surface area contributed by atoms with Gasteiger partial charge in [0.1, 0.15) is 6.04 Å². The standard InChI is InChI=1S/C12H12N2O4/c1-7-4-2-3-5-9(7)14-11(17)8(6-10(15)16)13-12(14)18/h2-5,8H,6H2,1H3,(H,13,18)(H,15,16)/t8-/m0/s1. The lowest BCUT2D eigenvalue weighted by atomic mass is 10.1. The van der Waals surface area contributed by atoms with Crippen LogP contribution >= 0.6 is 0 Å². The number of nitrogens with zero attached hydrogens (tertiary/aromatic N) is 1. The summed E-state index contributed by atoms with van der Waals surface area (Å²) in [6.45, 7) is 1.78. The lowest BCUT2D eigenvalue weighted by Gasteiger charge is -2.15. The first-order valence-electron chi connectivity index (χ1n) is 5.42. The van der Waals surface area contributed by atoms with Gasteiger partial charge in [-0.3, -0.25) is 9.59 Å². The van der Waals surface area contributed by atoms with E-state index in [0.29, 0.717) is 5.69 Å². The number of urea groups is 1. The first-order valence-corrected chi connectivity index (χ1v) is 5.42. The van der Waals surface area contributed by atoms with E-state index < -0.39 is 30.4 Å². The van der Waals surface area contributed by atoms with Gasteiger partial charge in [-0.25, -0.2) is 9.69 Å². The van der Waals surface area contributed by atoms with Crippen molar-refractivity contribution in [2.75, 3.05) is 4.90 Å². The molecule has 1 atom stereocenters. The van der Waals surface area contributed by atoms with Gasteiger partial charge in [-0.15, -0.1) is 0 Å². The number of aliphatic carboxylic acids is 1. The third-order valence-electron chi connectivity index (χ3n) is 2.75. The van der Waals surface area contributed by atoms with Crippen LogP contribution in [0.25, 0.3) is 0 Å². The summed E-state index contributed by atoms with van der Waals surface area (Å²) < 4.78 is 0. The molecule has 2 N–H and O–H groups in total. The van der Waals surface area contributed by atoms with Crippen molar-refractivity contribution in [3.63, 3.8) is 0 Å². The number of anilines is 1. The Kier molecular flexibility index (Phi) is 3.01. The molecular formula is C12H12N2O4. The number of carboxylic acid groups (broad SMARTS) is 1. The zero-order chi connectivity index (χ0) is 13.3. The summed E-state index contributed by atoms with van der Waals surface area (Å²) in [5.74, 6) is -1.66. The molecule has 0 bridgehead atoms. The van der Waals surface area contributed by atoms with Gasteiger partial charge in [-0.1, -0.05) is 18.2 Å².